The number of nitrogens with zero attached hydrogens (tertiary/aromatic N) is 4. The Labute approximate surface area is 266 Å². The van der Waals surface area contributed by atoms with Gasteiger partial charge in [0.2, 0.25) is 0 Å². The quantitative estimate of drug-likeness (QED) is 0.192. The Morgan fingerprint density at radius 3 is 1.58 bits per heavy atom. The number of hydrogen-bond acceptors (Lipinski definition) is 4. The van der Waals surface area contributed by atoms with Gasteiger partial charge in [-0.1, -0.05) is 120 Å². The largest absolute Gasteiger partial charge is 0.309 e. The van der Waals surface area contributed by atoms with E-state index >= 15 is 0 Å². The Balaban J connectivity index is 1.13. The first kappa shape index (κ1) is 27.1. The maximum absolute atomic E-state index is 4.88. The Bertz CT molecular complexity index is 2220. The molecule has 45 heavy (non-hydrogen) atoms. The highest BCUT2D eigenvalue weighted by Gasteiger charge is 2.14. The highest BCUT2D eigenvalue weighted by Crippen LogP contribution is 2.37. The van der Waals surface area contributed by atoms with Gasteiger partial charge in [-0.2, -0.15) is 0 Å². The average molecular weight is 597 g/mol. The monoisotopic (exact) mass is 596 g/mol. The number of hydrogen-bond donors (Lipinski definition) is 0. The van der Waals surface area contributed by atoms with Gasteiger partial charge in [0, 0.05) is 42.9 Å². The fourth-order valence-electron chi connectivity index (χ4n) is 5.73. The van der Waals surface area contributed by atoms with E-state index in [1.165, 1.54) is 38.0 Å². The molecule has 5 heteroatoms. The van der Waals surface area contributed by atoms with E-state index in [2.05, 4.69) is 102 Å². The molecule has 2 aromatic heterocycles. The van der Waals surface area contributed by atoms with E-state index in [1.807, 2.05) is 60.7 Å². The van der Waals surface area contributed by atoms with Crippen LogP contribution < -0.4 is 0 Å². The average Bonchev–Trinajstić information content (AvgIpc) is 3.43. The summed E-state index contributed by atoms with van der Waals surface area (Å²) in [5, 5.41) is 2.50. The zero-order valence-electron chi connectivity index (χ0n) is 24.6. The molecule has 0 unspecified atom stereocenters. The van der Waals surface area contributed by atoms with Crippen LogP contribution in [0.5, 0.6) is 0 Å². The second-order valence-electron chi connectivity index (χ2n) is 11.0. The van der Waals surface area contributed by atoms with Crippen molar-refractivity contribution in [3.8, 4) is 39.9 Å². The Kier molecular flexibility index (Phi) is 6.93. The minimum absolute atomic E-state index is 0.657. The third-order valence-corrected chi connectivity index (χ3v) is 8.98. The molecular weight excluding hydrogens is 569 g/mol. The van der Waals surface area contributed by atoms with Crippen LogP contribution in [0.3, 0.4) is 0 Å². The number of fused-ring (bicyclic) bond motifs is 3. The third kappa shape index (κ3) is 5.28. The number of rotatable bonds is 6. The molecule has 0 bridgehead atoms. The molecule has 0 atom stereocenters. The molecule has 8 rings (SSSR count). The van der Waals surface area contributed by atoms with Crippen molar-refractivity contribution in [3.63, 3.8) is 0 Å². The predicted molar refractivity (Wildman–Crippen MR) is 186 cm³/mol. The lowest BCUT2D eigenvalue weighted by molar-refractivity contribution is 1.07. The molecule has 0 aliphatic rings. The second-order valence-corrected chi connectivity index (χ2v) is 12.2. The van der Waals surface area contributed by atoms with Gasteiger partial charge in [-0.25, -0.2) is 15.0 Å². The van der Waals surface area contributed by atoms with Crippen molar-refractivity contribution < 1.29 is 0 Å². The summed E-state index contributed by atoms with van der Waals surface area (Å²) in [5.41, 5.74) is 7.73. The normalized spacial score (nSPS) is 11.3. The van der Waals surface area contributed by atoms with Crippen molar-refractivity contribution >= 4 is 33.6 Å². The van der Waals surface area contributed by atoms with Crippen LogP contribution in [0.25, 0.3) is 61.7 Å². The molecule has 4 nitrogen and oxygen atoms in total. The third-order valence-electron chi connectivity index (χ3n) is 7.98. The summed E-state index contributed by atoms with van der Waals surface area (Å²) < 4.78 is 2.36. The highest BCUT2D eigenvalue weighted by atomic mass is 32.2. The Morgan fingerprint density at radius 2 is 0.956 bits per heavy atom. The highest BCUT2D eigenvalue weighted by molar-refractivity contribution is 7.99. The van der Waals surface area contributed by atoms with Gasteiger partial charge in [-0.15, -0.1) is 0 Å². The molecular formula is C40H28N4S. The van der Waals surface area contributed by atoms with Crippen molar-refractivity contribution in [3.05, 3.63) is 157 Å². The van der Waals surface area contributed by atoms with Crippen LogP contribution in [0.15, 0.2) is 161 Å². The molecule has 8 aromatic rings. The second kappa shape index (κ2) is 11.5. The lowest BCUT2D eigenvalue weighted by Gasteiger charge is -2.09. The summed E-state index contributed by atoms with van der Waals surface area (Å²) in [6, 6.07) is 52.8. The van der Waals surface area contributed by atoms with Crippen LogP contribution in [-0.4, -0.2) is 19.5 Å². The zero-order valence-corrected chi connectivity index (χ0v) is 25.4. The predicted octanol–water partition coefficient (Wildman–Crippen LogP) is 10.4. The maximum atomic E-state index is 4.88. The first-order valence-electron chi connectivity index (χ1n) is 15.0. The first-order chi connectivity index (χ1) is 22.2. The fourth-order valence-corrected chi connectivity index (χ4v) is 6.59. The van der Waals surface area contributed by atoms with Gasteiger partial charge in [0.15, 0.2) is 17.5 Å². The van der Waals surface area contributed by atoms with Gasteiger partial charge in [0.05, 0.1) is 11.0 Å². The van der Waals surface area contributed by atoms with Gasteiger partial charge in [0.1, 0.15) is 0 Å². The van der Waals surface area contributed by atoms with Crippen molar-refractivity contribution in [2.24, 2.45) is 0 Å². The van der Waals surface area contributed by atoms with Crippen LogP contribution in [0.1, 0.15) is 5.56 Å². The molecule has 6 aromatic carbocycles. The summed E-state index contributed by atoms with van der Waals surface area (Å²) in [7, 11) is 0. The summed E-state index contributed by atoms with van der Waals surface area (Å²) in [6.45, 7) is 2.12. The van der Waals surface area contributed by atoms with Crippen LogP contribution in [0, 0.1) is 6.92 Å². The molecule has 0 N–H and O–H groups in total. The summed E-state index contributed by atoms with van der Waals surface area (Å²) in [6.07, 6.45) is 0. The molecule has 214 valence electrons. The zero-order chi connectivity index (χ0) is 30.2. The minimum atomic E-state index is 0.657. The van der Waals surface area contributed by atoms with E-state index < -0.39 is 0 Å². The number of para-hydroxylation sites is 1. The fraction of sp³-hybridized carbons (Fsp3) is 0.0250. The number of aryl methyl sites for hydroxylation is 1. The van der Waals surface area contributed by atoms with Crippen LogP contribution in [0.2, 0.25) is 0 Å². The first-order valence-corrected chi connectivity index (χ1v) is 15.8. The lowest BCUT2D eigenvalue weighted by Crippen LogP contribution is -2.00. The topological polar surface area (TPSA) is 43.6 Å². The van der Waals surface area contributed by atoms with Crippen molar-refractivity contribution in [2.75, 3.05) is 0 Å². The molecule has 0 aliphatic carbocycles. The SMILES string of the molecule is Cc1ccc(-n2c3ccccc3c3cc(Sc4ccc(-c5nc(-c6ccccc6)nc(-c6ccccc6)n5)cc4)ccc32)cc1. The van der Waals surface area contributed by atoms with E-state index in [0.29, 0.717) is 17.5 Å². The molecule has 0 saturated heterocycles. The molecule has 0 fully saturated rings. The summed E-state index contributed by atoms with van der Waals surface area (Å²) in [5.74, 6) is 1.98. The van der Waals surface area contributed by atoms with Gasteiger partial charge < -0.3 is 4.57 Å². The van der Waals surface area contributed by atoms with Gasteiger partial charge >= 0.3 is 0 Å². The standard InChI is InChI=1S/C40H28N4S/c1-27-16-20-31(21-17-27)44-36-15-9-8-14-34(36)35-26-33(24-25-37(35)44)45-32-22-18-30(19-23-32)40-42-38(28-10-4-2-5-11-28)41-39(43-40)29-12-6-3-7-13-29/h2-26H,1H3. The van der Waals surface area contributed by atoms with Gasteiger partial charge in [0.25, 0.3) is 0 Å². The van der Waals surface area contributed by atoms with Crippen molar-refractivity contribution in [1.82, 2.24) is 19.5 Å². The smallest absolute Gasteiger partial charge is 0.164 e. The van der Waals surface area contributed by atoms with E-state index in [4.69, 9.17) is 15.0 Å². The van der Waals surface area contributed by atoms with E-state index in [1.54, 1.807) is 11.8 Å². The summed E-state index contributed by atoms with van der Waals surface area (Å²) >= 11 is 1.76. The Hall–Kier alpha value is -5.52. The van der Waals surface area contributed by atoms with Gasteiger partial charge in [-0.3, -0.25) is 0 Å². The van der Waals surface area contributed by atoms with Crippen LogP contribution in [0.4, 0.5) is 0 Å². The number of benzene rings is 6. The van der Waals surface area contributed by atoms with Crippen LogP contribution in [-0.2, 0) is 0 Å². The van der Waals surface area contributed by atoms with Gasteiger partial charge in [-0.05, 0) is 55.5 Å². The molecule has 0 saturated carbocycles. The van der Waals surface area contributed by atoms with Crippen molar-refractivity contribution in [1.29, 1.82) is 0 Å². The lowest BCUT2D eigenvalue weighted by atomic mass is 10.1. The molecule has 0 spiro atoms. The van der Waals surface area contributed by atoms with E-state index in [-0.39, 0.29) is 0 Å². The molecule has 0 amide bonds. The van der Waals surface area contributed by atoms with E-state index in [0.717, 1.165) is 21.6 Å². The Morgan fingerprint density at radius 1 is 0.444 bits per heavy atom. The maximum Gasteiger partial charge on any atom is 0.164 e. The summed E-state index contributed by atoms with van der Waals surface area (Å²) in [4.78, 5) is 16.9. The number of aromatic nitrogens is 4. The van der Waals surface area contributed by atoms with Crippen LogP contribution >= 0.6 is 11.8 Å². The molecule has 0 radical (unpaired) electrons. The van der Waals surface area contributed by atoms with E-state index in [9.17, 15) is 0 Å². The molecule has 2 heterocycles. The molecule has 0 aliphatic heterocycles. The minimum Gasteiger partial charge on any atom is -0.309 e. The van der Waals surface area contributed by atoms with Crippen molar-refractivity contribution in [2.45, 2.75) is 16.7 Å².